The van der Waals surface area contributed by atoms with E-state index in [4.69, 9.17) is 30.8 Å². The first-order valence-corrected chi connectivity index (χ1v) is 6.65. The van der Waals surface area contributed by atoms with E-state index >= 15 is 0 Å². The first kappa shape index (κ1) is 17.0. The summed E-state index contributed by atoms with van der Waals surface area (Å²) in [6.45, 7) is -0.563. The molecule has 10 nitrogen and oxygen atoms in total. The summed E-state index contributed by atoms with van der Waals surface area (Å²) in [6, 6.07) is -1.09. The van der Waals surface area contributed by atoms with E-state index in [1.165, 1.54) is 0 Å². The van der Waals surface area contributed by atoms with Gasteiger partial charge in [0.2, 0.25) is 0 Å². The lowest BCUT2D eigenvalue weighted by Gasteiger charge is -2.42. The molecule has 0 aromatic heterocycles. The standard InChI is InChI=1S/C11H22N2O8/c12-1-3-6(15)7(16)5(13)11(20-3)21-9-4(2-14)19-10(18)8(9)17/h3-11,14-18H,1-2,12-13H2/t3-,4+,5+,6+,7+,8+,9+,10?,11?/m0/s1. The van der Waals surface area contributed by atoms with Crippen LogP contribution in [0.2, 0.25) is 0 Å². The van der Waals surface area contributed by atoms with Crippen LogP contribution in [-0.2, 0) is 14.2 Å². The number of aliphatic hydroxyl groups excluding tert-OH is 5. The molecule has 2 aliphatic heterocycles. The smallest absolute Gasteiger partial charge is 0.184 e. The Labute approximate surface area is 120 Å². The average Bonchev–Trinajstić information content (AvgIpc) is 2.75. The summed E-state index contributed by atoms with van der Waals surface area (Å²) in [7, 11) is 0. The predicted octanol–water partition coefficient (Wildman–Crippen LogP) is -4.83. The van der Waals surface area contributed by atoms with Gasteiger partial charge in [-0.3, -0.25) is 0 Å². The van der Waals surface area contributed by atoms with Crippen LogP contribution in [0.25, 0.3) is 0 Å². The molecule has 0 radical (unpaired) electrons. The number of ether oxygens (including phenoxy) is 3. The fourth-order valence-electron chi connectivity index (χ4n) is 2.46. The van der Waals surface area contributed by atoms with Crippen molar-refractivity contribution in [2.75, 3.05) is 13.2 Å². The Bertz CT molecular complexity index is 346. The second-order valence-electron chi connectivity index (χ2n) is 5.18. The summed E-state index contributed by atoms with van der Waals surface area (Å²) in [5, 5.41) is 47.9. The molecule has 2 rings (SSSR count). The summed E-state index contributed by atoms with van der Waals surface area (Å²) in [5.74, 6) is 0. The second kappa shape index (κ2) is 6.79. The van der Waals surface area contributed by atoms with Crippen LogP contribution in [-0.4, -0.2) is 93.9 Å². The third kappa shape index (κ3) is 3.19. The van der Waals surface area contributed by atoms with Crippen LogP contribution in [0.4, 0.5) is 0 Å². The van der Waals surface area contributed by atoms with E-state index in [0.29, 0.717) is 0 Å². The molecule has 2 unspecified atom stereocenters. The van der Waals surface area contributed by atoms with Gasteiger partial charge in [-0.05, 0) is 0 Å². The van der Waals surface area contributed by atoms with E-state index in [1.807, 2.05) is 0 Å². The Morgan fingerprint density at radius 3 is 2.19 bits per heavy atom. The highest BCUT2D eigenvalue weighted by molar-refractivity contribution is 4.94. The molecular weight excluding hydrogens is 288 g/mol. The summed E-state index contributed by atoms with van der Waals surface area (Å²) in [4.78, 5) is 0. The first-order valence-electron chi connectivity index (χ1n) is 6.65. The molecule has 124 valence electrons. The molecule has 10 heteroatoms. The Hall–Kier alpha value is -0.400. The highest BCUT2D eigenvalue weighted by atomic mass is 16.7. The van der Waals surface area contributed by atoms with Gasteiger partial charge >= 0.3 is 0 Å². The molecule has 0 bridgehead atoms. The largest absolute Gasteiger partial charge is 0.394 e. The SMILES string of the molecule is NC[C@@H]1OC(O[C@@H]2[C@@H](CO)OC(O)[C@@H]2O)[C@H](N)[C@@H](O)[C@@H]1O. The van der Waals surface area contributed by atoms with Crippen LogP contribution in [0.1, 0.15) is 0 Å². The van der Waals surface area contributed by atoms with Crippen molar-refractivity contribution < 1.29 is 39.7 Å². The highest BCUT2D eigenvalue weighted by Gasteiger charge is 2.49. The molecule has 9 N–H and O–H groups in total. The molecule has 21 heavy (non-hydrogen) atoms. The summed E-state index contributed by atoms with van der Waals surface area (Å²) >= 11 is 0. The third-order valence-electron chi connectivity index (χ3n) is 3.76. The molecule has 9 atom stereocenters. The van der Waals surface area contributed by atoms with Crippen molar-refractivity contribution in [1.29, 1.82) is 0 Å². The third-order valence-corrected chi connectivity index (χ3v) is 3.76. The number of nitrogens with two attached hydrogens (primary N) is 2. The molecule has 2 aliphatic rings. The van der Waals surface area contributed by atoms with Gasteiger partial charge < -0.3 is 51.2 Å². The zero-order valence-corrected chi connectivity index (χ0v) is 11.2. The molecule has 0 aromatic rings. The van der Waals surface area contributed by atoms with Gasteiger partial charge in [-0.25, -0.2) is 0 Å². The summed E-state index contributed by atoms with van der Waals surface area (Å²) in [6.07, 6.45) is -9.62. The van der Waals surface area contributed by atoms with Crippen LogP contribution in [0, 0.1) is 0 Å². The van der Waals surface area contributed by atoms with Crippen molar-refractivity contribution in [3.8, 4) is 0 Å². The van der Waals surface area contributed by atoms with Crippen LogP contribution in [0.3, 0.4) is 0 Å². The fourth-order valence-corrected chi connectivity index (χ4v) is 2.46. The van der Waals surface area contributed by atoms with E-state index in [0.717, 1.165) is 0 Å². The second-order valence-corrected chi connectivity index (χ2v) is 5.18. The molecule has 0 aliphatic carbocycles. The van der Waals surface area contributed by atoms with Gasteiger partial charge in [0.05, 0.1) is 12.6 Å². The predicted molar refractivity (Wildman–Crippen MR) is 66.5 cm³/mol. The van der Waals surface area contributed by atoms with Gasteiger partial charge in [-0.2, -0.15) is 0 Å². The van der Waals surface area contributed by atoms with Crippen molar-refractivity contribution in [2.45, 2.75) is 55.2 Å². The minimum atomic E-state index is -1.51. The van der Waals surface area contributed by atoms with Crippen LogP contribution >= 0.6 is 0 Å². The number of hydrogen-bond acceptors (Lipinski definition) is 10. The van der Waals surface area contributed by atoms with Crippen LogP contribution in [0.15, 0.2) is 0 Å². The summed E-state index contributed by atoms with van der Waals surface area (Å²) in [5.41, 5.74) is 11.2. The van der Waals surface area contributed by atoms with Crippen LogP contribution in [0.5, 0.6) is 0 Å². The zero-order chi connectivity index (χ0) is 15.7. The topological polar surface area (TPSA) is 181 Å². The van der Waals surface area contributed by atoms with Crippen molar-refractivity contribution in [2.24, 2.45) is 11.5 Å². The zero-order valence-electron chi connectivity index (χ0n) is 11.2. The molecule has 0 saturated carbocycles. The van der Waals surface area contributed by atoms with E-state index in [2.05, 4.69) is 0 Å². The van der Waals surface area contributed by atoms with Gasteiger partial charge in [0, 0.05) is 6.54 Å². The lowest BCUT2D eigenvalue weighted by molar-refractivity contribution is -0.280. The van der Waals surface area contributed by atoms with Gasteiger partial charge in [-0.15, -0.1) is 0 Å². The van der Waals surface area contributed by atoms with E-state index in [-0.39, 0.29) is 6.54 Å². The lowest BCUT2D eigenvalue weighted by Crippen LogP contribution is -2.64. The van der Waals surface area contributed by atoms with Gasteiger partial charge in [0.15, 0.2) is 12.6 Å². The first-order chi connectivity index (χ1) is 9.90. The monoisotopic (exact) mass is 310 g/mol. The van der Waals surface area contributed by atoms with Gasteiger partial charge in [0.25, 0.3) is 0 Å². The Balaban J connectivity index is 2.07. The number of rotatable bonds is 4. The number of aliphatic hydroxyl groups is 5. The maximum atomic E-state index is 9.85. The Kier molecular flexibility index (Phi) is 5.48. The minimum absolute atomic E-state index is 0.0689. The molecule has 2 fully saturated rings. The quantitative estimate of drug-likeness (QED) is 0.266. The summed E-state index contributed by atoms with van der Waals surface area (Å²) < 4.78 is 15.7. The van der Waals surface area contributed by atoms with E-state index in [1.54, 1.807) is 0 Å². The molecule has 0 aromatic carbocycles. The maximum absolute atomic E-state index is 9.85. The lowest BCUT2D eigenvalue weighted by atomic mass is 9.97. The normalized spacial score (nSPS) is 51.3. The molecular formula is C11H22N2O8. The van der Waals surface area contributed by atoms with Crippen molar-refractivity contribution in [3.05, 3.63) is 0 Å². The van der Waals surface area contributed by atoms with Crippen molar-refractivity contribution in [1.82, 2.24) is 0 Å². The molecule has 2 heterocycles. The highest BCUT2D eigenvalue weighted by Crippen LogP contribution is 2.27. The van der Waals surface area contributed by atoms with E-state index in [9.17, 15) is 20.4 Å². The molecule has 2 saturated heterocycles. The Morgan fingerprint density at radius 2 is 1.62 bits per heavy atom. The van der Waals surface area contributed by atoms with Crippen molar-refractivity contribution in [3.63, 3.8) is 0 Å². The minimum Gasteiger partial charge on any atom is -0.394 e. The fraction of sp³-hybridized carbons (Fsp3) is 1.00. The average molecular weight is 310 g/mol. The molecule has 0 amide bonds. The molecule has 0 spiro atoms. The maximum Gasteiger partial charge on any atom is 0.184 e. The van der Waals surface area contributed by atoms with Crippen molar-refractivity contribution >= 4 is 0 Å². The van der Waals surface area contributed by atoms with Crippen LogP contribution < -0.4 is 11.5 Å². The Morgan fingerprint density at radius 1 is 0.952 bits per heavy atom. The van der Waals surface area contributed by atoms with E-state index < -0.39 is 61.9 Å². The van der Waals surface area contributed by atoms with Gasteiger partial charge in [-0.1, -0.05) is 0 Å². The number of hydrogen-bond donors (Lipinski definition) is 7. The van der Waals surface area contributed by atoms with Gasteiger partial charge in [0.1, 0.15) is 36.6 Å².